The van der Waals surface area contributed by atoms with Crippen molar-refractivity contribution in [1.29, 1.82) is 0 Å². The first kappa shape index (κ1) is 22.4. The molecular formula is C25H23N5O2S2. The molecule has 4 aromatic rings. The molecule has 0 unspecified atom stereocenters. The molecule has 9 heteroatoms. The first-order valence-corrected chi connectivity index (χ1v) is 12.6. The van der Waals surface area contributed by atoms with E-state index in [9.17, 15) is 9.59 Å². The number of carbonyl (C=O) groups excluding carboxylic acids is 2. The van der Waals surface area contributed by atoms with Crippen LogP contribution in [0, 0.1) is 0 Å². The number of carbonyl (C=O) groups is 2. The second-order valence-corrected chi connectivity index (χ2v) is 10.3. The third-order valence-corrected chi connectivity index (χ3v) is 7.63. The van der Waals surface area contributed by atoms with Gasteiger partial charge in [0, 0.05) is 48.9 Å². The largest absolute Gasteiger partial charge is 0.339 e. The van der Waals surface area contributed by atoms with Crippen LogP contribution in [-0.2, 0) is 4.79 Å². The molecule has 34 heavy (non-hydrogen) atoms. The predicted octanol–water partition coefficient (Wildman–Crippen LogP) is 4.89. The van der Waals surface area contributed by atoms with Crippen LogP contribution < -0.4 is 5.32 Å². The number of aromatic nitrogens is 2. The Balaban J connectivity index is 1.23. The Kier molecular flexibility index (Phi) is 6.46. The highest BCUT2D eigenvalue weighted by atomic mass is 32.2. The maximum absolute atomic E-state index is 13.0. The lowest BCUT2D eigenvalue weighted by molar-refractivity contribution is -0.130. The number of nitrogens with one attached hydrogen (secondary N) is 1. The molecule has 172 valence electrons. The summed E-state index contributed by atoms with van der Waals surface area (Å²) in [5.74, 6) is 0.807. The molecule has 1 aliphatic rings. The van der Waals surface area contributed by atoms with Gasteiger partial charge in [0.15, 0.2) is 5.13 Å². The van der Waals surface area contributed by atoms with Crippen molar-refractivity contribution in [2.24, 2.45) is 0 Å². The van der Waals surface area contributed by atoms with E-state index in [2.05, 4.69) is 15.3 Å². The number of amides is 2. The second-order valence-electron chi connectivity index (χ2n) is 7.93. The van der Waals surface area contributed by atoms with Crippen LogP contribution in [0.4, 0.5) is 10.9 Å². The van der Waals surface area contributed by atoms with E-state index in [-0.39, 0.29) is 11.8 Å². The third-order valence-electron chi connectivity index (χ3n) is 5.63. The van der Waals surface area contributed by atoms with E-state index in [1.165, 1.54) is 0 Å². The number of hydrogen-bond acceptors (Lipinski definition) is 7. The summed E-state index contributed by atoms with van der Waals surface area (Å²) in [5.41, 5.74) is 1.59. The Morgan fingerprint density at radius 2 is 1.76 bits per heavy atom. The van der Waals surface area contributed by atoms with Crippen molar-refractivity contribution < 1.29 is 9.59 Å². The van der Waals surface area contributed by atoms with E-state index in [0.717, 1.165) is 31.0 Å². The summed E-state index contributed by atoms with van der Waals surface area (Å²) in [6.07, 6.45) is 1.83. The molecule has 0 bridgehead atoms. The number of piperazine rings is 1. The second kappa shape index (κ2) is 9.82. The van der Waals surface area contributed by atoms with E-state index < -0.39 is 0 Å². The van der Waals surface area contributed by atoms with Crippen molar-refractivity contribution in [2.75, 3.05) is 31.5 Å². The van der Waals surface area contributed by atoms with Gasteiger partial charge in [-0.15, -0.1) is 0 Å². The number of rotatable bonds is 5. The third kappa shape index (κ3) is 5.05. The summed E-state index contributed by atoms with van der Waals surface area (Å²) < 4.78 is 1.02. The van der Waals surface area contributed by atoms with Gasteiger partial charge in [-0.1, -0.05) is 47.4 Å². The summed E-state index contributed by atoms with van der Waals surface area (Å²) in [4.78, 5) is 38.2. The predicted molar refractivity (Wildman–Crippen MR) is 136 cm³/mol. The Labute approximate surface area is 205 Å². The van der Waals surface area contributed by atoms with Crippen molar-refractivity contribution in [2.45, 2.75) is 16.0 Å². The first-order valence-electron chi connectivity index (χ1n) is 11.0. The molecule has 2 amide bonds. The molecular weight excluding hydrogens is 466 g/mol. The van der Waals surface area contributed by atoms with Crippen LogP contribution in [0.25, 0.3) is 10.9 Å². The number of benzene rings is 2. The molecule has 3 heterocycles. The molecule has 0 saturated carbocycles. The number of fused-ring (bicyclic) bond motifs is 1. The first-order chi connectivity index (χ1) is 16.5. The van der Waals surface area contributed by atoms with Gasteiger partial charge in [0.1, 0.15) is 5.82 Å². The molecule has 0 spiro atoms. The lowest BCUT2D eigenvalue weighted by Gasteiger charge is -2.34. The lowest BCUT2D eigenvalue weighted by atomic mass is 10.2. The van der Waals surface area contributed by atoms with Gasteiger partial charge in [-0.3, -0.25) is 9.59 Å². The number of hydrogen-bond donors (Lipinski definition) is 1. The Morgan fingerprint density at radius 1 is 0.971 bits per heavy atom. The zero-order chi connectivity index (χ0) is 23.5. The highest BCUT2D eigenvalue weighted by Gasteiger charge is 2.23. The van der Waals surface area contributed by atoms with E-state index in [0.29, 0.717) is 31.7 Å². The fourth-order valence-electron chi connectivity index (χ4n) is 3.83. The van der Waals surface area contributed by atoms with Crippen LogP contribution in [0.1, 0.15) is 17.3 Å². The minimum atomic E-state index is -0.000286. The normalized spacial score (nSPS) is 13.8. The van der Waals surface area contributed by atoms with Crippen molar-refractivity contribution in [3.63, 3.8) is 0 Å². The molecule has 5 rings (SSSR count). The molecule has 2 aromatic carbocycles. The maximum Gasteiger partial charge on any atom is 0.254 e. The fraction of sp³-hybridized carbons (Fsp3) is 0.200. The van der Waals surface area contributed by atoms with Gasteiger partial charge < -0.3 is 15.1 Å². The van der Waals surface area contributed by atoms with Gasteiger partial charge in [0.25, 0.3) is 5.91 Å². The molecule has 0 aliphatic carbocycles. The molecule has 2 aromatic heterocycles. The van der Waals surface area contributed by atoms with Crippen molar-refractivity contribution in [1.82, 2.24) is 19.8 Å². The molecule has 1 N–H and O–H groups in total. The Bertz CT molecular complexity index is 1350. The van der Waals surface area contributed by atoms with E-state index in [1.807, 2.05) is 71.8 Å². The van der Waals surface area contributed by atoms with Crippen LogP contribution >= 0.6 is 23.1 Å². The van der Waals surface area contributed by atoms with Gasteiger partial charge in [0.2, 0.25) is 5.91 Å². The van der Waals surface area contributed by atoms with Crippen molar-refractivity contribution >= 4 is 56.8 Å². The van der Waals surface area contributed by atoms with Gasteiger partial charge in [-0.2, -0.15) is 0 Å². The summed E-state index contributed by atoms with van der Waals surface area (Å²) >= 11 is 3.12. The summed E-state index contributed by atoms with van der Waals surface area (Å²) in [5, 5.41) is 5.14. The average Bonchev–Trinajstić information content (AvgIpc) is 3.30. The minimum Gasteiger partial charge on any atom is -0.339 e. The maximum atomic E-state index is 13.0. The van der Waals surface area contributed by atoms with Gasteiger partial charge >= 0.3 is 0 Å². The fourth-order valence-corrected chi connectivity index (χ4v) is 5.74. The van der Waals surface area contributed by atoms with E-state index in [4.69, 9.17) is 0 Å². The van der Waals surface area contributed by atoms with Crippen LogP contribution in [0.15, 0.2) is 76.0 Å². The zero-order valence-corrected chi connectivity index (χ0v) is 20.2. The Morgan fingerprint density at radius 3 is 2.59 bits per heavy atom. The standard InChI is InChI=1S/C25H23N5O2S2/c1-17(31)29-11-13-30(14-12-29)24(32)19-6-4-7-20(15-19)33-23-16-26-25(34-23)28-22-10-9-18-5-2-3-8-21(18)27-22/h2-10,15-16H,11-14H2,1H3,(H,26,27,28). The molecule has 1 aliphatic heterocycles. The SMILES string of the molecule is CC(=O)N1CCN(C(=O)c2cccc(Sc3cnc(Nc4ccc5ccccc5n4)s3)c2)CC1. The number of anilines is 2. The average molecular weight is 490 g/mol. The smallest absolute Gasteiger partial charge is 0.254 e. The van der Waals surface area contributed by atoms with E-state index in [1.54, 1.807) is 34.9 Å². The van der Waals surface area contributed by atoms with Gasteiger partial charge in [-0.25, -0.2) is 9.97 Å². The molecule has 1 saturated heterocycles. The molecule has 7 nitrogen and oxygen atoms in total. The van der Waals surface area contributed by atoms with Crippen LogP contribution in [0.3, 0.4) is 0 Å². The van der Waals surface area contributed by atoms with E-state index >= 15 is 0 Å². The number of thiazole rings is 1. The number of nitrogens with zero attached hydrogens (tertiary/aromatic N) is 4. The highest BCUT2D eigenvalue weighted by molar-refractivity contribution is 8.01. The van der Waals surface area contributed by atoms with Gasteiger partial charge in [-0.05, 0) is 36.4 Å². The molecule has 1 fully saturated rings. The molecule has 0 radical (unpaired) electrons. The summed E-state index contributed by atoms with van der Waals surface area (Å²) in [7, 11) is 0. The molecule has 0 atom stereocenters. The summed E-state index contributed by atoms with van der Waals surface area (Å²) in [6.45, 7) is 3.85. The van der Waals surface area contributed by atoms with Crippen LogP contribution in [0.2, 0.25) is 0 Å². The topological polar surface area (TPSA) is 78.4 Å². The minimum absolute atomic E-state index is 0.000286. The number of para-hydroxylation sites is 1. The quantitative estimate of drug-likeness (QED) is 0.430. The Hall–Kier alpha value is -3.43. The number of pyridine rings is 1. The van der Waals surface area contributed by atoms with Crippen LogP contribution in [-0.4, -0.2) is 57.8 Å². The van der Waals surface area contributed by atoms with Crippen molar-refractivity contribution in [3.05, 3.63) is 72.4 Å². The van der Waals surface area contributed by atoms with Crippen LogP contribution in [0.5, 0.6) is 0 Å². The zero-order valence-electron chi connectivity index (χ0n) is 18.6. The van der Waals surface area contributed by atoms with Crippen molar-refractivity contribution in [3.8, 4) is 0 Å². The van der Waals surface area contributed by atoms with Gasteiger partial charge in [0.05, 0.1) is 15.9 Å². The monoisotopic (exact) mass is 489 g/mol. The summed E-state index contributed by atoms with van der Waals surface area (Å²) in [6, 6.07) is 19.6. The lowest BCUT2D eigenvalue weighted by Crippen LogP contribution is -2.50. The highest BCUT2D eigenvalue weighted by Crippen LogP contribution is 2.35.